The van der Waals surface area contributed by atoms with Crippen molar-refractivity contribution in [3.63, 3.8) is 0 Å². The van der Waals surface area contributed by atoms with E-state index in [1.54, 1.807) is 6.07 Å². The van der Waals surface area contributed by atoms with Gasteiger partial charge in [-0.3, -0.25) is 4.98 Å². The van der Waals surface area contributed by atoms with Crippen LogP contribution in [-0.2, 0) is 13.0 Å². The highest BCUT2D eigenvalue weighted by atomic mass is 19.3. The Morgan fingerprint density at radius 3 is 2.22 bits per heavy atom. The summed E-state index contributed by atoms with van der Waals surface area (Å²) in [5, 5.41) is 0. The Morgan fingerprint density at radius 1 is 0.926 bits per heavy atom. The predicted molar refractivity (Wildman–Crippen MR) is 104 cm³/mol. The normalized spacial score (nSPS) is 12.3. The lowest BCUT2D eigenvalue weighted by molar-refractivity contribution is -0.660. The van der Waals surface area contributed by atoms with E-state index < -0.39 is 11.3 Å². The van der Waals surface area contributed by atoms with Crippen molar-refractivity contribution in [1.82, 2.24) is 4.98 Å². The molecular formula is C23H25F2N2+. The highest BCUT2D eigenvalue weighted by Crippen LogP contribution is 2.43. The Balaban J connectivity index is 2.01. The van der Waals surface area contributed by atoms with Crippen LogP contribution in [0.5, 0.6) is 0 Å². The van der Waals surface area contributed by atoms with Crippen LogP contribution >= 0.6 is 0 Å². The first kappa shape index (κ1) is 19.2. The van der Waals surface area contributed by atoms with E-state index in [1.165, 1.54) is 38.6 Å². The molecule has 0 saturated carbocycles. The molecule has 140 valence electrons. The summed E-state index contributed by atoms with van der Waals surface area (Å²) >= 11 is 0. The zero-order chi connectivity index (χ0) is 19.8. The molecule has 3 rings (SSSR count). The molecule has 2 heterocycles. The number of nitrogens with zero attached hydrogens (tertiary/aromatic N) is 2. The summed E-state index contributed by atoms with van der Waals surface area (Å²) in [5.74, 6) is -2.99. The Bertz CT molecular complexity index is 955. The van der Waals surface area contributed by atoms with Gasteiger partial charge >= 0.3 is 0 Å². The second-order valence-corrected chi connectivity index (χ2v) is 7.98. The van der Waals surface area contributed by atoms with Crippen LogP contribution in [-0.4, -0.2) is 4.98 Å². The molecule has 0 saturated heterocycles. The molecule has 0 amide bonds. The number of hydrogen-bond acceptors (Lipinski definition) is 1. The van der Waals surface area contributed by atoms with Crippen LogP contribution in [0.25, 0.3) is 22.4 Å². The fourth-order valence-corrected chi connectivity index (χ4v) is 3.01. The van der Waals surface area contributed by atoms with Crippen LogP contribution in [0.4, 0.5) is 8.78 Å². The number of aryl methyl sites for hydroxylation is 2. The molecule has 0 aliphatic carbocycles. The van der Waals surface area contributed by atoms with E-state index in [-0.39, 0.29) is 5.69 Å². The smallest absolute Gasteiger partial charge is 0.254 e. The van der Waals surface area contributed by atoms with Gasteiger partial charge in [-0.1, -0.05) is 45.0 Å². The summed E-state index contributed by atoms with van der Waals surface area (Å²) in [6, 6.07) is 15.4. The van der Waals surface area contributed by atoms with Crippen molar-refractivity contribution in [3.8, 4) is 22.4 Å². The molecule has 2 nitrogen and oxygen atoms in total. The Morgan fingerprint density at radius 2 is 1.63 bits per heavy atom. The topological polar surface area (TPSA) is 16.8 Å². The van der Waals surface area contributed by atoms with Crippen molar-refractivity contribution < 1.29 is 13.3 Å². The SMILES string of the molecule is Cc1ccccc1-c1cc(-c2ccc(C(F)(F)C(C)(C)C)nc2)cc[n+]1C. The van der Waals surface area contributed by atoms with Gasteiger partial charge in [-0.15, -0.1) is 0 Å². The molecular weight excluding hydrogens is 342 g/mol. The summed E-state index contributed by atoms with van der Waals surface area (Å²) in [6.07, 6.45) is 3.51. The van der Waals surface area contributed by atoms with E-state index in [1.807, 2.05) is 31.4 Å². The lowest BCUT2D eigenvalue weighted by Crippen LogP contribution is -2.32. The first-order valence-electron chi connectivity index (χ1n) is 9.01. The molecule has 0 spiro atoms. The molecule has 0 fully saturated rings. The highest BCUT2D eigenvalue weighted by Gasteiger charge is 2.45. The van der Waals surface area contributed by atoms with Crippen molar-refractivity contribution in [2.45, 2.75) is 33.6 Å². The second kappa shape index (κ2) is 6.84. The molecule has 0 N–H and O–H groups in total. The van der Waals surface area contributed by atoms with Crippen molar-refractivity contribution in [2.75, 3.05) is 0 Å². The van der Waals surface area contributed by atoms with Gasteiger partial charge in [0.15, 0.2) is 6.20 Å². The molecule has 0 aliphatic heterocycles. The quantitative estimate of drug-likeness (QED) is 0.544. The molecule has 4 heteroatoms. The third-order valence-corrected chi connectivity index (χ3v) is 4.93. The van der Waals surface area contributed by atoms with Gasteiger partial charge in [0, 0.05) is 34.9 Å². The van der Waals surface area contributed by atoms with E-state index in [4.69, 9.17) is 0 Å². The molecule has 0 atom stereocenters. The largest absolute Gasteiger partial charge is 0.294 e. The van der Waals surface area contributed by atoms with Gasteiger partial charge in [-0.2, -0.15) is 8.78 Å². The highest BCUT2D eigenvalue weighted by molar-refractivity contribution is 5.69. The first-order valence-corrected chi connectivity index (χ1v) is 9.01. The summed E-state index contributed by atoms with van der Waals surface area (Å²) in [7, 11) is 2.00. The maximum atomic E-state index is 14.5. The maximum absolute atomic E-state index is 14.5. The summed E-state index contributed by atoms with van der Waals surface area (Å²) in [6.45, 7) is 6.64. The monoisotopic (exact) mass is 367 g/mol. The molecule has 0 unspecified atom stereocenters. The Labute approximate surface area is 159 Å². The number of hydrogen-bond donors (Lipinski definition) is 0. The summed E-state index contributed by atoms with van der Waals surface area (Å²) < 4.78 is 31.1. The number of benzene rings is 1. The average Bonchev–Trinajstić information content (AvgIpc) is 2.62. The van der Waals surface area contributed by atoms with Crippen LogP contribution in [0.2, 0.25) is 0 Å². The van der Waals surface area contributed by atoms with Crippen LogP contribution in [0.1, 0.15) is 32.0 Å². The van der Waals surface area contributed by atoms with Gasteiger partial charge < -0.3 is 0 Å². The predicted octanol–water partition coefficient (Wildman–Crippen LogP) is 5.69. The third kappa shape index (κ3) is 3.61. The van der Waals surface area contributed by atoms with Gasteiger partial charge in [-0.05, 0) is 30.2 Å². The van der Waals surface area contributed by atoms with E-state index in [9.17, 15) is 8.78 Å². The van der Waals surface area contributed by atoms with Crippen LogP contribution in [0.15, 0.2) is 60.9 Å². The molecule has 1 aromatic carbocycles. The van der Waals surface area contributed by atoms with Gasteiger partial charge in [0.05, 0.1) is 0 Å². The standard InChI is InChI=1S/C23H25F2N2/c1-16-8-6-7-9-19(16)20-14-17(12-13-27(20)5)18-10-11-21(26-15-18)23(24,25)22(2,3)4/h6-15H,1-5H3/q+1. The Hall–Kier alpha value is -2.62. The van der Waals surface area contributed by atoms with Crippen molar-refractivity contribution in [1.29, 1.82) is 0 Å². The minimum atomic E-state index is -2.99. The molecule has 27 heavy (non-hydrogen) atoms. The zero-order valence-corrected chi connectivity index (χ0v) is 16.4. The number of aromatic nitrogens is 2. The number of alkyl halides is 2. The number of rotatable bonds is 3. The third-order valence-electron chi connectivity index (χ3n) is 4.93. The fraction of sp³-hybridized carbons (Fsp3) is 0.304. The summed E-state index contributed by atoms with van der Waals surface area (Å²) in [5.41, 5.74) is 3.78. The Kier molecular flexibility index (Phi) is 4.85. The van der Waals surface area contributed by atoms with Gasteiger partial charge in [0.2, 0.25) is 5.69 Å². The first-order chi connectivity index (χ1) is 12.6. The summed E-state index contributed by atoms with van der Waals surface area (Å²) in [4.78, 5) is 4.08. The minimum Gasteiger partial charge on any atom is -0.254 e. The van der Waals surface area contributed by atoms with Crippen LogP contribution in [0.3, 0.4) is 0 Å². The van der Waals surface area contributed by atoms with Gasteiger partial charge in [-0.25, -0.2) is 4.57 Å². The maximum Gasteiger partial charge on any atom is 0.294 e. The lowest BCUT2D eigenvalue weighted by atomic mass is 9.85. The molecule has 3 aromatic rings. The van der Waals surface area contributed by atoms with E-state index in [0.717, 1.165) is 22.4 Å². The lowest BCUT2D eigenvalue weighted by Gasteiger charge is -2.29. The van der Waals surface area contributed by atoms with Gasteiger partial charge in [0.1, 0.15) is 12.7 Å². The van der Waals surface area contributed by atoms with Crippen molar-refractivity contribution in [3.05, 3.63) is 72.2 Å². The molecule has 0 radical (unpaired) electrons. The van der Waals surface area contributed by atoms with Crippen LogP contribution in [0, 0.1) is 12.3 Å². The van der Waals surface area contributed by atoms with E-state index in [0.29, 0.717) is 0 Å². The van der Waals surface area contributed by atoms with E-state index >= 15 is 0 Å². The fourth-order valence-electron chi connectivity index (χ4n) is 3.01. The van der Waals surface area contributed by atoms with E-state index in [2.05, 4.69) is 34.7 Å². The second-order valence-electron chi connectivity index (χ2n) is 7.98. The number of halogens is 2. The van der Waals surface area contributed by atoms with Crippen molar-refractivity contribution in [2.24, 2.45) is 12.5 Å². The molecule has 2 aromatic heterocycles. The minimum absolute atomic E-state index is 0.195. The van der Waals surface area contributed by atoms with Crippen LogP contribution < -0.4 is 4.57 Å². The molecule has 0 bridgehead atoms. The van der Waals surface area contributed by atoms with Crippen molar-refractivity contribution >= 4 is 0 Å². The average molecular weight is 367 g/mol. The molecule has 0 aliphatic rings. The van der Waals surface area contributed by atoms with Gasteiger partial charge in [0.25, 0.3) is 5.92 Å². The number of pyridine rings is 2. The zero-order valence-electron chi connectivity index (χ0n) is 16.4.